The van der Waals surface area contributed by atoms with Gasteiger partial charge in [-0.25, -0.2) is 0 Å². The van der Waals surface area contributed by atoms with Crippen LogP contribution in [-0.2, 0) is 9.53 Å². The van der Waals surface area contributed by atoms with Crippen molar-refractivity contribution in [2.75, 3.05) is 32.8 Å². The molecule has 1 N–H and O–H groups in total. The molecular formula is C13H26N2O2. The molecule has 1 aliphatic heterocycles. The van der Waals surface area contributed by atoms with Gasteiger partial charge in [-0.1, -0.05) is 13.8 Å². The third-order valence-corrected chi connectivity index (χ3v) is 3.06. The van der Waals surface area contributed by atoms with Crippen LogP contribution in [0.1, 0.15) is 33.6 Å². The summed E-state index contributed by atoms with van der Waals surface area (Å²) in [4.78, 5) is 14.0. The summed E-state index contributed by atoms with van der Waals surface area (Å²) in [6, 6.07) is 0. The van der Waals surface area contributed by atoms with Crippen LogP contribution in [0, 0.1) is 5.92 Å². The normalized spacial score (nSPS) is 19.2. The second kappa shape index (κ2) is 7.67. The van der Waals surface area contributed by atoms with E-state index in [1.54, 1.807) is 0 Å². The average molecular weight is 242 g/mol. The van der Waals surface area contributed by atoms with Crippen molar-refractivity contribution in [3.05, 3.63) is 0 Å². The number of carbonyl (C=O) groups is 1. The van der Waals surface area contributed by atoms with E-state index in [-0.39, 0.29) is 12.0 Å². The summed E-state index contributed by atoms with van der Waals surface area (Å²) in [5.74, 6) is 0.761. The fourth-order valence-electron chi connectivity index (χ4n) is 1.88. The van der Waals surface area contributed by atoms with Crippen molar-refractivity contribution in [1.29, 1.82) is 0 Å². The molecule has 0 aliphatic carbocycles. The molecule has 4 nitrogen and oxygen atoms in total. The van der Waals surface area contributed by atoms with E-state index in [0.29, 0.717) is 12.5 Å². The molecule has 0 saturated carbocycles. The maximum atomic E-state index is 12.1. The number of hydrogen-bond acceptors (Lipinski definition) is 3. The summed E-state index contributed by atoms with van der Waals surface area (Å²) in [6.45, 7) is 10.4. The van der Waals surface area contributed by atoms with Crippen LogP contribution >= 0.6 is 0 Å². The van der Waals surface area contributed by atoms with E-state index in [2.05, 4.69) is 19.2 Å². The lowest BCUT2D eigenvalue weighted by Gasteiger charge is -2.24. The molecule has 1 amide bonds. The number of amides is 1. The second-order valence-corrected chi connectivity index (χ2v) is 5.12. The first kappa shape index (κ1) is 14.5. The van der Waals surface area contributed by atoms with Gasteiger partial charge >= 0.3 is 0 Å². The first-order chi connectivity index (χ1) is 8.11. The van der Waals surface area contributed by atoms with Gasteiger partial charge in [-0.3, -0.25) is 4.79 Å². The molecule has 1 heterocycles. The largest absolute Gasteiger partial charge is 0.369 e. The second-order valence-electron chi connectivity index (χ2n) is 5.12. The Morgan fingerprint density at radius 2 is 2.06 bits per heavy atom. The number of carbonyl (C=O) groups excluding carboxylic acids is 1. The van der Waals surface area contributed by atoms with Gasteiger partial charge in [0, 0.05) is 26.2 Å². The molecule has 0 spiro atoms. The van der Waals surface area contributed by atoms with E-state index in [1.807, 2.05) is 11.8 Å². The molecule has 1 fully saturated rings. The summed E-state index contributed by atoms with van der Waals surface area (Å²) in [7, 11) is 0. The van der Waals surface area contributed by atoms with E-state index in [9.17, 15) is 4.79 Å². The highest BCUT2D eigenvalue weighted by atomic mass is 16.5. The van der Waals surface area contributed by atoms with Crippen LogP contribution in [0.25, 0.3) is 0 Å². The Bertz CT molecular complexity index is 223. The SMILES string of the molecule is CC(C)CCOC(C)C(=O)N1CCCNCC1. The van der Waals surface area contributed by atoms with Crippen LogP contribution < -0.4 is 5.32 Å². The molecule has 0 radical (unpaired) electrons. The summed E-state index contributed by atoms with van der Waals surface area (Å²) >= 11 is 0. The highest BCUT2D eigenvalue weighted by Gasteiger charge is 2.21. The Kier molecular flexibility index (Phi) is 6.52. The predicted molar refractivity (Wildman–Crippen MR) is 68.9 cm³/mol. The van der Waals surface area contributed by atoms with Crippen molar-refractivity contribution in [2.24, 2.45) is 5.92 Å². The molecule has 1 aliphatic rings. The smallest absolute Gasteiger partial charge is 0.251 e. The van der Waals surface area contributed by atoms with Gasteiger partial charge in [0.1, 0.15) is 6.10 Å². The molecule has 1 unspecified atom stereocenters. The first-order valence-electron chi connectivity index (χ1n) is 6.72. The van der Waals surface area contributed by atoms with E-state index >= 15 is 0 Å². The van der Waals surface area contributed by atoms with Crippen molar-refractivity contribution in [3.63, 3.8) is 0 Å². The molecular weight excluding hydrogens is 216 g/mol. The van der Waals surface area contributed by atoms with Gasteiger partial charge in [-0.2, -0.15) is 0 Å². The van der Waals surface area contributed by atoms with Crippen LogP contribution in [0.3, 0.4) is 0 Å². The van der Waals surface area contributed by atoms with Gasteiger partial charge in [-0.05, 0) is 32.2 Å². The van der Waals surface area contributed by atoms with Crippen molar-refractivity contribution in [2.45, 2.75) is 39.7 Å². The topological polar surface area (TPSA) is 41.6 Å². The number of ether oxygens (including phenoxy) is 1. The minimum absolute atomic E-state index is 0.137. The fourth-order valence-corrected chi connectivity index (χ4v) is 1.88. The lowest BCUT2D eigenvalue weighted by molar-refractivity contribution is -0.142. The third kappa shape index (κ3) is 5.50. The van der Waals surface area contributed by atoms with Gasteiger partial charge in [0.05, 0.1) is 0 Å². The highest BCUT2D eigenvalue weighted by molar-refractivity contribution is 5.80. The van der Waals surface area contributed by atoms with Gasteiger partial charge in [0.2, 0.25) is 0 Å². The van der Waals surface area contributed by atoms with Crippen LogP contribution in [-0.4, -0.2) is 49.7 Å². The zero-order chi connectivity index (χ0) is 12.7. The number of nitrogens with zero attached hydrogens (tertiary/aromatic N) is 1. The lowest BCUT2D eigenvalue weighted by Crippen LogP contribution is -2.41. The first-order valence-corrected chi connectivity index (χ1v) is 6.72. The molecule has 1 saturated heterocycles. The predicted octanol–water partition coefficient (Wildman–Crippen LogP) is 1.26. The molecule has 0 aromatic heterocycles. The Balaban J connectivity index is 2.29. The summed E-state index contributed by atoms with van der Waals surface area (Å²) in [5.41, 5.74) is 0. The van der Waals surface area contributed by atoms with Crippen molar-refractivity contribution < 1.29 is 9.53 Å². The highest BCUT2D eigenvalue weighted by Crippen LogP contribution is 2.05. The Hall–Kier alpha value is -0.610. The van der Waals surface area contributed by atoms with Crippen LogP contribution in [0.15, 0.2) is 0 Å². The Labute approximate surface area is 105 Å². The van der Waals surface area contributed by atoms with Gasteiger partial charge in [-0.15, -0.1) is 0 Å². The van der Waals surface area contributed by atoms with Crippen molar-refractivity contribution >= 4 is 5.91 Å². The van der Waals surface area contributed by atoms with Crippen molar-refractivity contribution in [1.82, 2.24) is 10.2 Å². The van der Waals surface area contributed by atoms with Gasteiger partial charge < -0.3 is 15.0 Å². The van der Waals surface area contributed by atoms with E-state index in [1.165, 1.54) is 0 Å². The standard InChI is InChI=1S/C13H26N2O2/c1-11(2)5-10-17-12(3)13(16)15-8-4-6-14-7-9-15/h11-12,14H,4-10H2,1-3H3. The molecule has 0 aromatic carbocycles. The Morgan fingerprint density at radius 1 is 1.29 bits per heavy atom. The summed E-state index contributed by atoms with van der Waals surface area (Å²) < 4.78 is 5.60. The molecule has 17 heavy (non-hydrogen) atoms. The fraction of sp³-hybridized carbons (Fsp3) is 0.923. The summed E-state index contributed by atoms with van der Waals surface area (Å²) in [5, 5.41) is 3.29. The zero-order valence-electron chi connectivity index (χ0n) is 11.4. The van der Waals surface area contributed by atoms with E-state index in [4.69, 9.17) is 4.74 Å². The minimum atomic E-state index is -0.299. The zero-order valence-corrected chi connectivity index (χ0v) is 11.4. The van der Waals surface area contributed by atoms with Crippen LogP contribution in [0.4, 0.5) is 0 Å². The molecule has 0 bridgehead atoms. The molecule has 0 aromatic rings. The summed E-state index contributed by atoms with van der Waals surface area (Å²) in [6.07, 6.45) is 1.75. The molecule has 4 heteroatoms. The number of rotatable bonds is 5. The van der Waals surface area contributed by atoms with Gasteiger partial charge in [0.15, 0.2) is 0 Å². The van der Waals surface area contributed by atoms with Crippen molar-refractivity contribution in [3.8, 4) is 0 Å². The minimum Gasteiger partial charge on any atom is -0.369 e. The number of nitrogens with one attached hydrogen (secondary N) is 1. The van der Waals surface area contributed by atoms with E-state index < -0.39 is 0 Å². The van der Waals surface area contributed by atoms with E-state index in [0.717, 1.165) is 39.0 Å². The van der Waals surface area contributed by atoms with Crippen LogP contribution in [0.5, 0.6) is 0 Å². The quantitative estimate of drug-likeness (QED) is 0.789. The maximum Gasteiger partial charge on any atom is 0.251 e. The average Bonchev–Trinajstić information content (AvgIpc) is 2.55. The lowest BCUT2D eigenvalue weighted by atomic mass is 10.1. The third-order valence-electron chi connectivity index (χ3n) is 3.06. The maximum absolute atomic E-state index is 12.1. The van der Waals surface area contributed by atoms with Gasteiger partial charge in [0.25, 0.3) is 5.91 Å². The monoisotopic (exact) mass is 242 g/mol. The molecule has 1 atom stereocenters. The molecule has 1 rings (SSSR count). The van der Waals surface area contributed by atoms with Crippen LogP contribution in [0.2, 0.25) is 0 Å². The Morgan fingerprint density at radius 3 is 2.76 bits per heavy atom. The molecule has 100 valence electrons. The number of hydrogen-bond donors (Lipinski definition) is 1.